The molecule has 0 fully saturated rings. The van der Waals surface area contributed by atoms with Gasteiger partial charge in [-0.1, -0.05) is 36.4 Å². The Balaban J connectivity index is 1.37. The number of aliphatic hydroxyl groups is 1. The lowest BCUT2D eigenvalue weighted by atomic mass is 9.89. The van der Waals surface area contributed by atoms with Gasteiger partial charge in [-0.2, -0.15) is 0 Å². The molecule has 0 saturated carbocycles. The smallest absolute Gasteiger partial charge is 0.238 e. The van der Waals surface area contributed by atoms with Crippen molar-refractivity contribution in [3.63, 3.8) is 0 Å². The zero-order valence-electron chi connectivity index (χ0n) is 15.9. The number of benzene rings is 2. The molecular weight excluding hydrogens is 376 g/mol. The number of hydrogen-bond donors (Lipinski definition) is 3. The maximum atomic E-state index is 11.2. The van der Waals surface area contributed by atoms with Crippen LogP contribution in [0.1, 0.15) is 35.6 Å². The summed E-state index contributed by atoms with van der Waals surface area (Å²) in [6, 6.07) is 14.9. The van der Waals surface area contributed by atoms with Crippen LogP contribution in [0.2, 0.25) is 0 Å². The lowest BCUT2D eigenvalue weighted by Crippen LogP contribution is -2.32. The Labute approximate surface area is 166 Å². The molecule has 2 atom stereocenters. The monoisotopic (exact) mass is 404 g/mol. The highest BCUT2D eigenvalue weighted by atomic mass is 32.2. The summed E-state index contributed by atoms with van der Waals surface area (Å²) in [4.78, 5) is 0.112. The third kappa shape index (κ3) is 5.86. The summed E-state index contributed by atoms with van der Waals surface area (Å²) < 4.78 is 28.5. The molecule has 0 radical (unpaired) electrons. The summed E-state index contributed by atoms with van der Waals surface area (Å²) >= 11 is 0. The molecular formula is C21H28N2O4S. The first-order valence-corrected chi connectivity index (χ1v) is 11.2. The second-order valence-corrected chi connectivity index (χ2v) is 8.77. The normalized spacial score (nSPS) is 17.9. The first-order valence-electron chi connectivity index (χ1n) is 9.63. The van der Waals surface area contributed by atoms with E-state index in [9.17, 15) is 13.5 Å². The van der Waals surface area contributed by atoms with Crippen LogP contribution in [0.5, 0.6) is 0 Å². The average molecular weight is 405 g/mol. The summed E-state index contributed by atoms with van der Waals surface area (Å²) in [5.74, 6) is 0. The molecule has 0 saturated heterocycles. The van der Waals surface area contributed by atoms with Gasteiger partial charge in [0.25, 0.3) is 0 Å². The number of hydrogen-bond acceptors (Lipinski definition) is 5. The zero-order chi connectivity index (χ0) is 20.0. The Morgan fingerprint density at radius 3 is 2.68 bits per heavy atom. The Kier molecular flexibility index (Phi) is 7.20. The van der Waals surface area contributed by atoms with Crippen molar-refractivity contribution < 1.29 is 18.3 Å². The highest BCUT2D eigenvalue weighted by Gasteiger charge is 2.21. The van der Waals surface area contributed by atoms with Gasteiger partial charge in [0.2, 0.25) is 10.0 Å². The number of sulfonamides is 1. The lowest BCUT2D eigenvalue weighted by Gasteiger charge is -2.26. The maximum absolute atomic E-state index is 11.2. The van der Waals surface area contributed by atoms with Gasteiger partial charge in [-0.3, -0.25) is 0 Å². The molecule has 0 bridgehead atoms. The van der Waals surface area contributed by atoms with Crippen molar-refractivity contribution in [3.05, 3.63) is 65.2 Å². The molecule has 0 spiro atoms. The topological polar surface area (TPSA) is 102 Å². The molecule has 0 heterocycles. The SMILES string of the molecule is NS(=O)(=O)c1ccc(CCNC[C@H](O)CO[C@@H]2CCCc3ccccc32)cc1. The van der Waals surface area contributed by atoms with E-state index in [2.05, 4.69) is 23.5 Å². The fourth-order valence-corrected chi connectivity index (χ4v) is 4.03. The Morgan fingerprint density at radius 1 is 1.18 bits per heavy atom. The van der Waals surface area contributed by atoms with Gasteiger partial charge in [-0.15, -0.1) is 0 Å². The van der Waals surface area contributed by atoms with E-state index in [1.54, 1.807) is 12.1 Å². The Bertz CT molecular complexity index is 868. The molecule has 2 aromatic carbocycles. The number of aliphatic hydroxyl groups excluding tert-OH is 1. The van der Waals surface area contributed by atoms with Gasteiger partial charge < -0.3 is 15.2 Å². The fourth-order valence-electron chi connectivity index (χ4n) is 3.52. The molecule has 0 aliphatic heterocycles. The molecule has 4 N–H and O–H groups in total. The predicted molar refractivity (Wildman–Crippen MR) is 108 cm³/mol. The van der Waals surface area contributed by atoms with E-state index in [1.165, 1.54) is 23.3 Å². The van der Waals surface area contributed by atoms with Gasteiger partial charge in [-0.25, -0.2) is 13.6 Å². The molecule has 7 heteroatoms. The van der Waals surface area contributed by atoms with Crippen molar-refractivity contribution >= 4 is 10.0 Å². The van der Waals surface area contributed by atoms with E-state index in [4.69, 9.17) is 9.88 Å². The minimum atomic E-state index is -3.65. The summed E-state index contributed by atoms with van der Waals surface area (Å²) in [5, 5.41) is 18.5. The van der Waals surface area contributed by atoms with Crippen LogP contribution in [-0.2, 0) is 27.6 Å². The van der Waals surface area contributed by atoms with Crippen molar-refractivity contribution in [1.29, 1.82) is 0 Å². The highest BCUT2D eigenvalue weighted by molar-refractivity contribution is 7.89. The van der Waals surface area contributed by atoms with Crippen molar-refractivity contribution in [3.8, 4) is 0 Å². The Morgan fingerprint density at radius 2 is 1.93 bits per heavy atom. The summed E-state index contributed by atoms with van der Waals surface area (Å²) in [5.41, 5.74) is 3.60. The standard InChI is InChI=1S/C21H28N2O4S/c22-28(25,26)19-10-8-16(9-11-19)12-13-23-14-18(24)15-27-21-7-3-5-17-4-1-2-6-20(17)21/h1-2,4,6,8-11,18,21,23-24H,3,5,7,12-15H2,(H2,22,25,26)/t18-,21+/m0/s1. The third-order valence-electron chi connectivity index (χ3n) is 5.03. The van der Waals surface area contributed by atoms with E-state index >= 15 is 0 Å². The number of ether oxygens (including phenoxy) is 1. The molecule has 6 nitrogen and oxygen atoms in total. The highest BCUT2D eigenvalue weighted by Crippen LogP contribution is 2.32. The van der Waals surface area contributed by atoms with E-state index in [1.807, 2.05) is 6.07 Å². The number of fused-ring (bicyclic) bond motifs is 1. The first-order chi connectivity index (χ1) is 13.4. The molecule has 0 amide bonds. The van der Waals surface area contributed by atoms with Crippen LogP contribution in [0.3, 0.4) is 0 Å². The van der Waals surface area contributed by atoms with Crippen LogP contribution < -0.4 is 10.5 Å². The van der Waals surface area contributed by atoms with Crippen molar-refractivity contribution in [2.24, 2.45) is 5.14 Å². The Hall–Kier alpha value is -1.77. The molecule has 2 aromatic rings. The van der Waals surface area contributed by atoms with Gasteiger partial charge in [-0.05, 0) is 61.1 Å². The van der Waals surface area contributed by atoms with Gasteiger partial charge in [0.1, 0.15) is 0 Å². The van der Waals surface area contributed by atoms with Crippen LogP contribution in [0, 0.1) is 0 Å². The first kappa shape index (κ1) is 21.0. The van der Waals surface area contributed by atoms with E-state index in [0.29, 0.717) is 19.7 Å². The molecule has 3 rings (SSSR count). The largest absolute Gasteiger partial charge is 0.389 e. The van der Waals surface area contributed by atoms with E-state index in [0.717, 1.165) is 31.2 Å². The zero-order valence-corrected chi connectivity index (χ0v) is 16.7. The fraction of sp³-hybridized carbons (Fsp3) is 0.429. The number of rotatable bonds is 9. The lowest BCUT2D eigenvalue weighted by molar-refractivity contribution is -0.0166. The second kappa shape index (κ2) is 9.62. The van der Waals surface area contributed by atoms with E-state index in [-0.39, 0.29) is 11.0 Å². The second-order valence-electron chi connectivity index (χ2n) is 7.21. The molecule has 1 aliphatic carbocycles. The van der Waals surface area contributed by atoms with Crippen LogP contribution in [0.4, 0.5) is 0 Å². The van der Waals surface area contributed by atoms with Gasteiger partial charge >= 0.3 is 0 Å². The number of nitrogens with one attached hydrogen (secondary N) is 1. The quantitative estimate of drug-likeness (QED) is 0.554. The number of primary sulfonamides is 1. The van der Waals surface area contributed by atoms with Crippen LogP contribution in [0.15, 0.2) is 53.4 Å². The van der Waals surface area contributed by atoms with Crippen molar-refractivity contribution in [2.75, 3.05) is 19.7 Å². The third-order valence-corrected chi connectivity index (χ3v) is 5.96. The summed E-state index contributed by atoms with van der Waals surface area (Å²) in [7, 11) is -3.65. The van der Waals surface area contributed by atoms with Crippen LogP contribution in [-0.4, -0.2) is 39.3 Å². The molecule has 0 aromatic heterocycles. The van der Waals surface area contributed by atoms with Crippen molar-refractivity contribution in [1.82, 2.24) is 5.32 Å². The van der Waals surface area contributed by atoms with Crippen LogP contribution >= 0.6 is 0 Å². The maximum Gasteiger partial charge on any atom is 0.238 e. The van der Waals surface area contributed by atoms with Gasteiger partial charge in [0.05, 0.1) is 23.7 Å². The average Bonchev–Trinajstić information content (AvgIpc) is 2.69. The molecule has 152 valence electrons. The summed E-state index contributed by atoms with van der Waals surface area (Å²) in [6.07, 6.45) is 3.43. The number of nitrogens with two attached hydrogens (primary N) is 1. The van der Waals surface area contributed by atoms with Gasteiger partial charge in [0.15, 0.2) is 0 Å². The minimum absolute atomic E-state index is 0.0666. The minimum Gasteiger partial charge on any atom is -0.389 e. The van der Waals surface area contributed by atoms with E-state index < -0.39 is 16.1 Å². The van der Waals surface area contributed by atoms with Gasteiger partial charge in [0, 0.05) is 6.54 Å². The van der Waals surface area contributed by atoms with Crippen LogP contribution in [0.25, 0.3) is 0 Å². The molecule has 0 unspecified atom stereocenters. The van der Waals surface area contributed by atoms with Crippen molar-refractivity contribution in [2.45, 2.75) is 42.8 Å². The molecule has 1 aliphatic rings. The number of aryl methyl sites for hydroxylation is 1. The summed E-state index contributed by atoms with van der Waals surface area (Å²) in [6.45, 7) is 1.43. The molecule has 28 heavy (non-hydrogen) atoms. The predicted octanol–water partition coefficient (Wildman–Crippen LogP) is 1.92.